The first-order chi connectivity index (χ1) is 10.1. The predicted octanol–water partition coefficient (Wildman–Crippen LogP) is 2.92. The Bertz CT molecular complexity index is 711. The van der Waals surface area contributed by atoms with Crippen LogP contribution < -0.4 is 5.32 Å². The van der Waals surface area contributed by atoms with Gasteiger partial charge < -0.3 is 14.6 Å². The number of nitriles is 1. The Hall–Kier alpha value is -1.65. The van der Waals surface area contributed by atoms with Crippen molar-refractivity contribution >= 4 is 32.7 Å². The van der Waals surface area contributed by atoms with Gasteiger partial charge in [-0.2, -0.15) is 5.26 Å². The second-order valence-electron chi connectivity index (χ2n) is 5.24. The number of rotatable bonds is 2. The highest BCUT2D eigenvalue weighted by Crippen LogP contribution is 2.32. The summed E-state index contributed by atoms with van der Waals surface area (Å²) in [6.45, 7) is 1.27. The van der Waals surface area contributed by atoms with E-state index in [2.05, 4.69) is 26.2 Å². The maximum atomic E-state index is 14.1. The van der Waals surface area contributed by atoms with E-state index in [4.69, 9.17) is 9.68 Å². The Labute approximate surface area is 129 Å². The minimum absolute atomic E-state index is 0.229. The zero-order valence-corrected chi connectivity index (χ0v) is 13.0. The minimum atomic E-state index is -0.938. The van der Waals surface area contributed by atoms with Crippen LogP contribution in [0.3, 0.4) is 0 Å². The maximum Gasteiger partial charge on any atom is 0.204 e. The summed E-state index contributed by atoms with van der Waals surface area (Å²) in [5, 5.41) is 12.8. The monoisotopic (exact) mass is 352 g/mol. The molecule has 1 aliphatic heterocycles. The molecule has 2 atom stereocenters. The minimum Gasteiger partial charge on any atom is -0.444 e. The molecule has 1 aliphatic rings. The van der Waals surface area contributed by atoms with E-state index in [1.807, 2.05) is 18.0 Å². The second kappa shape index (κ2) is 5.62. The number of pyridine rings is 1. The number of aromatic nitrogens is 1. The molecule has 2 aromatic heterocycles. The number of nitrogens with zero attached hydrogens (tertiary/aromatic N) is 3. The molecule has 110 valence electrons. The molecule has 5 nitrogen and oxygen atoms in total. The molecule has 0 spiro atoms. The van der Waals surface area contributed by atoms with Crippen LogP contribution in [0.4, 0.5) is 10.2 Å². The normalized spacial score (nSPS) is 23.1. The SMILES string of the molecule is CN1CC[C@H](Nc2ncc3oc(C#N)cc3c2Br)[C@H](F)C1. The zero-order chi connectivity index (χ0) is 15.0. The molecule has 0 radical (unpaired) electrons. The topological polar surface area (TPSA) is 65.1 Å². The molecule has 2 aromatic rings. The largest absolute Gasteiger partial charge is 0.444 e. The Morgan fingerprint density at radius 1 is 1.62 bits per heavy atom. The summed E-state index contributed by atoms with van der Waals surface area (Å²) >= 11 is 3.46. The van der Waals surface area contributed by atoms with Crippen molar-refractivity contribution in [3.05, 3.63) is 22.5 Å². The fourth-order valence-electron chi connectivity index (χ4n) is 2.53. The van der Waals surface area contributed by atoms with E-state index in [9.17, 15) is 4.39 Å². The van der Waals surface area contributed by atoms with Gasteiger partial charge in [0.2, 0.25) is 5.76 Å². The number of fused-ring (bicyclic) bond motifs is 1. The Morgan fingerprint density at radius 3 is 3.14 bits per heavy atom. The number of nitrogens with one attached hydrogen (secondary N) is 1. The Kier molecular flexibility index (Phi) is 3.83. The van der Waals surface area contributed by atoms with Gasteiger partial charge in [-0.05, 0) is 29.4 Å². The van der Waals surface area contributed by atoms with Crippen LogP contribution in [0, 0.1) is 11.3 Å². The van der Waals surface area contributed by atoms with Gasteiger partial charge in [-0.25, -0.2) is 9.37 Å². The van der Waals surface area contributed by atoms with Gasteiger partial charge >= 0.3 is 0 Å². The number of hydrogen-bond donors (Lipinski definition) is 1. The van der Waals surface area contributed by atoms with Crippen LogP contribution in [0.2, 0.25) is 0 Å². The maximum absolute atomic E-state index is 14.1. The van der Waals surface area contributed by atoms with E-state index in [1.54, 1.807) is 12.3 Å². The number of likely N-dealkylation sites (tertiary alicyclic amines) is 1. The van der Waals surface area contributed by atoms with Crippen LogP contribution in [-0.4, -0.2) is 42.2 Å². The number of alkyl halides is 1. The van der Waals surface area contributed by atoms with Crippen molar-refractivity contribution in [2.45, 2.75) is 18.6 Å². The summed E-state index contributed by atoms with van der Waals surface area (Å²) in [4.78, 5) is 6.24. The molecule has 0 aromatic carbocycles. The van der Waals surface area contributed by atoms with Gasteiger partial charge in [0, 0.05) is 24.5 Å². The average molecular weight is 353 g/mol. The van der Waals surface area contributed by atoms with Gasteiger partial charge in [0.25, 0.3) is 0 Å². The quantitative estimate of drug-likeness (QED) is 0.899. The molecule has 0 unspecified atom stereocenters. The van der Waals surface area contributed by atoms with Crippen LogP contribution in [-0.2, 0) is 0 Å². The Balaban J connectivity index is 1.87. The van der Waals surface area contributed by atoms with Crippen molar-refractivity contribution in [1.82, 2.24) is 9.88 Å². The molecular formula is C14H14BrFN4O. The summed E-state index contributed by atoms with van der Waals surface area (Å²) in [6.07, 6.45) is 1.33. The van der Waals surface area contributed by atoms with Crippen LogP contribution >= 0.6 is 15.9 Å². The molecule has 1 fully saturated rings. The van der Waals surface area contributed by atoms with Gasteiger partial charge in [0.1, 0.15) is 18.1 Å². The number of piperidine rings is 1. The molecule has 7 heteroatoms. The highest BCUT2D eigenvalue weighted by molar-refractivity contribution is 9.10. The van der Waals surface area contributed by atoms with Gasteiger partial charge in [0.05, 0.1) is 16.7 Å². The van der Waals surface area contributed by atoms with Crippen LogP contribution in [0.1, 0.15) is 12.2 Å². The van der Waals surface area contributed by atoms with Crippen molar-refractivity contribution in [2.75, 3.05) is 25.5 Å². The lowest BCUT2D eigenvalue weighted by atomic mass is 10.0. The summed E-state index contributed by atoms with van der Waals surface area (Å²) in [5.74, 6) is 0.803. The fraction of sp³-hybridized carbons (Fsp3) is 0.429. The third kappa shape index (κ3) is 2.74. The zero-order valence-electron chi connectivity index (χ0n) is 11.4. The third-order valence-corrected chi connectivity index (χ3v) is 4.50. The summed E-state index contributed by atoms with van der Waals surface area (Å²) in [6, 6.07) is 3.34. The smallest absolute Gasteiger partial charge is 0.204 e. The van der Waals surface area contributed by atoms with E-state index < -0.39 is 6.17 Å². The second-order valence-corrected chi connectivity index (χ2v) is 6.03. The first-order valence-electron chi connectivity index (χ1n) is 6.66. The summed E-state index contributed by atoms with van der Waals surface area (Å²) in [5.41, 5.74) is 0.532. The number of anilines is 1. The molecule has 0 saturated carbocycles. The number of furan rings is 1. The predicted molar refractivity (Wildman–Crippen MR) is 80.8 cm³/mol. The van der Waals surface area contributed by atoms with Gasteiger partial charge in [-0.3, -0.25) is 0 Å². The standard InChI is InChI=1S/C14H14BrFN4O/c1-20-3-2-11(10(16)7-20)19-14-13(15)9-4-8(5-17)21-12(9)6-18-14/h4,6,10-11H,2-3,7H2,1H3,(H,18,19)/t10-,11+/m1/s1. The molecule has 1 N–H and O–H groups in total. The summed E-state index contributed by atoms with van der Waals surface area (Å²) < 4.78 is 20.1. The van der Waals surface area contributed by atoms with E-state index in [-0.39, 0.29) is 11.8 Å². The first-order valence-corrected chi connectivity index (χ1v) is 7.45. The molecule has 3 rings (SSSR count). The number of halogens is 2. The molecule has 0 aliphatic carbocycles. The van der Waals surface area contributed by atoms with Crippen LogP contribution in [0.25, 0.3) is 11.0 Å². The number of hydrogen-bond acceptors (Lipinski definition) is 5. The van der Waals surface area contributed by atoms with Crippen molar-refractivity contribution in [2.24, 2.45) is 0 Å². The van der Waals surface area contributed by atoms with E-state index in [0.717, 1.165) is 18.4 Å². The Morgan fingerprint density at radius 2 is 2.43 bits per heavy atom. The third-order valence-electron chi connectivity index (χ3n) is 3.69. The van der Waals surface area contributed by atoms with E-state index in [0.29, 0.717) is 22.4 Å². The molecule has 21 heavy (non-hydrogen) atoms. The molecule has 3 heterocycles. The van der Waals surface area contributed by atoms with Gasteiger partial charge in [-0.15, -0.1) is 0 Å². The highest BCUT2D eigenvalue weighted by Gasteiger charge is 2.28. The average Bonchev–Trinajstić information content (AvgIpc) is 2.88. The van der Waals surface area contributed by atoms with E-state index in [1.165, 1.54) is 0 Å². The fourth-order valence-corrected chi connectivity index (χ4v) is 3.06. The van der Waals surface area contributed by atoms with Crippen molar-refractivity contribution in [1.29, 1.82) is 5.26 Å². The van der Waals surface area contributed by atoms with Crippen LogP contribution in [0.15, 0.2) is 21.2 Å². The van der Waals surface area contributed by atoms with Crippen molar-refractivity contribution < 1.29 is 8.81 Å². The molecule has 0 bridgehead atoms. The molecular weight excluding hydrogens is 339 g/mol. The van der Waals surface area contributed by atoms with Crippen molar-refractivity contribution in [3.8, 4) is 6.07 Å². The molecule has 0 amide bonds. The molecule has 1 saturated heterocycles. The van der Waals surface area contributed by atoms with Crippen molar-refractivity contribution in [3.63, 3.8) is 0 Å². The lowest BCUT2D eigenvalue weighted by Crippen LogP contribution is -2.46. The first kappa shape index (κ1) is 14.3. The lowest BCUT2D eigenvalue weighted by Gasteiger charge is -2.33. The summed E-state index contributed by atoms with van der Waals surface area (Å²) in [7, 11) is 1.91. The lowest BCUT2D eigenvalue weighted by molar-refractivity contribution is 0.149. The van der Waals surface area contributed by atoms with E-state index >= 15 is 0 Å². The van der Waals surface area contributed by atoms with Gasteiger partial charge in [0.15, 0.2) is 5.58 Å². The highest BCUT2D eigenvalue weighted by atomic mass is 79.9. The van der Waals surface area contributed by atoms with Crippen LogP contribution in [0.5, 0.6) is 0 Å². The van der Waals surface area contributed by atoms with Gasteiger partial charge in [-0.1, -0.05) is 0 Å².